The number of hydrogen-bond acceptors (Lipinski definition) is 5. The van der Waals surface area contributed by atoms with E-state index in [-0.39, 0.29) is 53.4 Å². The third-order valence-electron chi connectivity index (χ3n) is 9.27. The third-order valence-corrected chi connectivity index (χ3v) is 9.27. The highest BCUT2D eigenvalue weighted by molar-refractivity contribution is 6.03. The molecule has 1 aromatic carbocycles. The summed E-state index contributed by atoms with van der Waals surface area (Å²) in [5, 5.41) is 13.8. The molecule has 7 nitrogen and oxygen atoms in total. The second kappa shape index (κ2) is 9.76. The number of aliphatic hydroxyl groups excluding tert-OH is 1. The number of aliphatic hydroxyl groups is 1. The molecule has 7 heteroatoms. The van der Waals surface area contributed by atoms with Crippen molar-refractivity contribution in [2.24, 2.45) is 5.92 Å². The normalized spacial score (nSPS) is 30.9. The molecule has 4 aliphatic rings. The summed E-state index contributed by atoms with van der Waals surface area (Å²) in [4.78, 5) is 37.0. The summed E-state index contributed by atoms with van der Waals surface area (Å²) in [6, 6.07) is 11.7. The molecule has 2 aromatic rings. The molecule has 0 spiro atoms. The van der Waals surface area contributed by atoms with Gasteiger partial charge in [-0.3, -0.25) is 24.4 Å². The van der Waals surface area contributed by atoms with E-state index in [2.05, 4.69) is 48.1 Å². The monoisotopic (exact) mass is 516 g/mol. The molecule has 3 saturated heterocycles. The number of rotatable bonds is 6. The van der Waals surface area contributed by atoms with E-state index in [9.17, 15) is 14.7 Å². The quantitative estimate of drug-likeness (QED) is 0.565. The van der Waals surface area contributed by atoms with Crippen LogP contribution in [-0.4, -0.2) is 57.1 Å². The van der Waals surface area contributed by atoms with Crippen molar-refractivity contribution in [3.8, 4) is 0 Å². The van der Waals surface area contributed by atoms with Gasteiger partial charge in [-0.05, 0) is 54.9 Å². The lowest BCUT2D eigenvalue weighted by atomic mass is 9.87. The Morgan fingerprint density at radius 1 is 1.05 bits per heavy atom. The van der Waals surface area contributed by atoms with E-state index in [1.54, 1.807) is 17.3 Å². The van der Waals surface area contributed by atoms with Gasteiger partial charge in [-0.1, -0.05) is 58.2 Å². The lowest BCUT2D eigenvalue weighted by Crippen LogP contribution is -2.49. The van der Waals surface area contributed by atoms with Crippen LogP contribution in [0.5, 0.6) is 0 Å². The minimum Gasteiger partial charge on any atom is -0.391 e. The van der Waals surface area contributed by atoms with Gasteiger partial charge in [0.25, 0.3) is 0 Å². The standard InChI is InChI=1S/C31H40N4O3/c1-31(2,3)20-11-13-22(14-12-20)34(30(38)23-16-24-26(36)17-25-28(23)35(24)25)27(19-8-7-15-32-18-19)29(37)33-21-9-5-4-6-10-21/h7-8,11-15,18,21,23-28,36H,4-6,9-10,16-17H2,1-3H3,(H,33,37)/t23?,24?,25-,26?,27?,28?,35?/m1/s1. The highest BCUT2D eigenvalue weighted by atomic mass is 16.3. The van der Waals surface area contributed by atoms with Crippen molar-refractivity contribution in [2.75, 3.05) is 4.90 Å². The van der Waals surface area contributed by atoms with Crippen LogP contribution in [0.4, 0.5) is 5.69 Å². The van der Waals surface area contributed by atoms with Crippen LogP contribution >= 0.6 is 0 Å². The molecule has 1 aromatic heterocycles. The Balaban J connectivity index is 1.38. The summed E-state index contributed by atoms with van der Waals surface area (Å²) in [6.07, 6.45) is 9.81. The number of anilines is 1. The lowest BCUT2D eigenvalue weighted by Gasteiger charge is -2.35. The van der Waals surface area contributed by atoms with E-state index >= 15 is 0 Å². The van der Waals surface area contributed by atoms with Gasteiger partial charge in [0.15, 0.2) is 0 Å². The molecule has 38 heavy (non-hydrogen) atoms. The summed E-state index contributed by atoms with van der Waals surface area (Å²) in [5.41, 5.74) is 2.59. The second-order valence-electron chi connectivity index (χ2n) is 12.8. The number of nitrogens with one attached hydrogen (secondary N) is 1. The van der Waals surface area contributed by atoms with Crippen molar-refractivity contribution in [3.63, 3.8) is 0 Å². The first kappa shape index (κ1) is 25.5. The van der Waals surface area contributed by atoms with Crippen LogP contribution in [0.1, 0.15) is 82.9 Å². The van der Waals surface area contributed by atoms with E-state index in [1.807, 2.05) is 24.3 Å². The number of benzene rings is 1. The van der Waals surface area contributed by atoms with Crippen molar-refractivity contribution in [1.82, 2.24) is 15.2 Å². The van der Waals surface area contributed by atoms with E-state index in [4.69, 9.17) is 0 Å². The molecule has 202 valence electrons. The molecule has 1 aliphatic carbocycles. The number of fused-ring (bicyclic) bond motifs is 1. The molecule has 0 bridgehead atoms. The summed E-state index contributed by atoms with van der Waals surface area (Å²) in [6.45, 7) is 6.51. The molecule has 4 fully saturated rings. The van der Waals surface area contributed by atoms with Crippen molar-refractivity contribution in [1.29, 1.82) is 0 Å². The molecule has 3 aliphatic heterocycles. The Morgan fingerprint density at radius 2 is 1.79 bits per heavy atom. The first-order chi connectivity index (χ1) is 18.2. The molecule has 2 amide bonds. The first-order valence-corrected chi connectivity index (χ1v) is 14.3. The van der Waals surface area contributed by atoms with Crippen LogP contribution in [0.15, 0.2) is 48.8 Å². The topological polar surface area (TPSA) is 85.5 Å². The van der Waals surface area contributed by atoms with Crippen molar-refractivity contribution in [3.05, 3.63) is 59.9 Å². The van der Waals surface area contributed by atoms with Crippen LogP contribution in [0.2, 0.25) is 0 Å². The van der Waals surface area contributed by atoms with Crippen LogP contribution in [0, 0.1) is 5.92 Å². The van der Waals surface area contributed by atoms with Gasteiger partial charge in [-0.15, -0.1) is 0 Å². The van der Waals surface area contributed by atoms with E-state index in [0.29, 0.717) is 12.0 Å². The zero-order valence-electron chi connectivity index (χ0n) is 22.7. The number of pyridine rings is 1. The number of hydrogen-bond donors (Lipinski definition) is 2. The fraction of sp³-hybridized carbons (Fsp3) is 0.581. The number of aromatic nitrogens is 1. The minimum absolute atomic E-state index is 0.0240. The molecule has 0 radical (unpaired) electrons. The average Bonchev–Trinajstić information content (AvgIpc) is 3.33. The van der Waals surface area contributed by atoms with E-state index in [1.165, 1.54) is 12.0 Å². The van der Waals surface area contributed by atoms with Crippen molar-refractivity contribution >= 4 is 17.5 Å². The largest absolute Gasteiger partial charge is 0.391 e. The van der Waals surface area contributed by atoms with Crippen LogP contribution in [0.3, 0.4) is 0 Å². The maximum Gasteiger partial charge on any atom is 0.248 e. The molecule has 1 saturated carbocycles. The van der Waals surface area contributed by atoms with Gasteiger partial charge in [0.1, 0.15) is 6.04 Å². The zero-order valence-corrected chi connectivity index (χ0v) is 22.7. The van der Waals surface area contributed by atoms with Gasteiger partial charge >= 0.3 is 0 Å². The Bertz CT molecular complexity index is 1170. The van der Waals surface area contributed by atoms with Crippen molar-refractivity contribution in [2.45, 2.75) is 107 Å². The Labute approximate surface area is 225 Å². The van der Waals surface area contributed by atoms with E-state index in [0.717, 1.165) is 37.8 Å². The highest BCUT2D eigenvalue weighted by Crippen LogP contribution is 2.56. The third kappa shape index (κ3) is 4.54. The van der Waals surface area contributed by atoms with Crippen LogP contribution in [0.25, 0.3) is 0 Å². The summed E-state index contributed by atoms with van der Waals surface area (Å²) in [7, 11) is 0. The lowest BCUT2D eigenvalue weighted by molar-refractivity contribution is -0.128. The summed E-state index contributed by atoms with van der Waals surface area (Å²) in [5.74, 6) is -0.409. The van der Waals surface area contributed by atoms with Crippen LogP contribution < -0.4 is 10.2 Å². The molecule has 6 unspecified atom stereocenters. The van der Waals surface area contributed by atoms with Gasteiger partial charge < -0.3 is 10.4 Å². The van der Waals surface area contributed by atoms with Gasteiger partial charge in [0.05, 0.1) is 12.0 Å². The molecular formula is C31H40N4O3. The van der Waals surface area contributed by atoms with Crippen molar-refractivity contribution < 1.29 is 14.7 Å². The average molecular weight is 517 g/mol. The van der Waals surface area contributed by atoms with Gasteiger partial charge in [0, 0.05) is 47.8 Å². The predicted molar refractivity (Wildman–Crippen MR) is 147 cm³/mol. The fourth-order valence-electron chi connectivity index (χ4n) is 7.24. The first-order valence-electron chi connectivity index (χ1n) is 14.3. The minimum atomic E-state index is -0.811. The number of nitrogens with zero attached hydrogens (tertiary/aromatic N) is 3. The molecule has 4 heterocycles. The van der Waals surface area contributed by atoms with Gasteiger partial charge in [0.2, 0.25) is 11.8 Å². The van der Waals surface area contributed by atoms with E-state index < -0.39 is 6.04 Å². The highest BCUT2D eigenvalue weighted by Gasteiger charge is 2.69. The van der Waals surface area contributed by atoms with Gasteiger partial charge in [-0.25, -0.2) is 0 Å². The number of amides is 2. The maximum absolute atomic E-state index is 14.5. The Kier molecular flexibility index (Phi) is 6.55. The Morgan fingerprint density at radius 3 is 2.39 bits per heavy atom. The SMILES string of the molecule is CC(C)(C)c1ccc(N(C(=O)C2CC3C(O)C[C@@H]4C2N34)C(C(=O)NC2CCCCC2)c2cccnc2)cc1. The fourth-order valence-corrected chi connectivity index (χ4v) is 7.24. The Hall–Kier alpha value is -2.77. The molecule has 6 rings (SSSR count). The maximum atomic E-state index is 14.5. The zero-order chi connectivity index (χ0) is 26.6. The second-order valence-corrected chi connectivity index (χ2v) is 12.8. The molecule has 2 N–H and O–H groups in total. The summed E-state index contributed by atoms with van der Waals surface area (Å²) >= 11 is 0. The number of carbonyl (C=O) groups excluding carboxylic acids is 2. The number of carbonyl (C=O) groups is 2. The molecular weight excluding hydrogens is 476 g/mol. The van der Waals surface area contributed by atoms with Crippen LogP contribution in [-0.2, 0) is 15.0 Å². The smallest absolute Gasteiger partial charge is 0.248 e. The number of piperidine rings is 2. The van der Waals surface area contributed by atoms with Gasteiger partial charge in [-0.2, -0.15) is 0 Å². The predicted octanol–water partition coefficient (Wildman–Crippen LogP) is 4.11. The molecule has 7 atom stereocenters. The summed E-state index contributed by atoms with van der Waals surface area (Å²) < 4.78 is 0.